The lowest BCUT2D eigenvalue weighted by atomic mass is 9.86. The van der Waals surface area contributed by atoms with Crippen molar-refractivity contribution in [2.45, 2.75) is 65.7 Å². The molecule has 2 amide bonds. The molecule has 4 aromatic rings. The minimum absolute atomic E-state index is 0.103. The Labute approximate surface area is 305 Å². The van der Waals surface area contributed by atoms with Crippen molar-refractivity contribution in [2.75, 3.05) is 21.7 Å². The average Bonchev–Trinajstić information content (AvgIpc) is 3.50. The van der Waals surface area contributed by atoms with E-state index < -0.39 is 32.2 Å². The maximum atomic E-state index is 11.9. The summed E-state index contributed by atoms with van der Waals surface area (Å²) in [6.07, 6.45) is 3.08. The van der Waals surface area contributed by atoms with Gasteiger partial charge in [0.2, 0.25) is 0 Å². The molecule has 6 rings (SSSR count). The van der Waals surface area contributed by atoms with Gasteiger partial charge in [-0.15, -0.1) is 0 Å². The van der Waals surface area contributed by atoms with Crippen LogP contribution in [0, 0.1) is 13.8 Å². The highest BCUT2D eigenvalue weighted by Crippen LogP contribution is 2.33. The normalized spacial score (nSPS) is 16.2. The van der Waals surface area contributed by atoms with Crippen LogP contribution in [-0.2, 0) is 61.1 Å². The third kappa shape index (κ3) is 9.04. The van der Waals surface area contributed by atoms with Gasteiger partial charge < -0.3 is 10.2 Å². The van der Waals surface area contributed by atoms with Crippen LogP contribution in [0.3, 0.4) is 0 Å². The van der Waals surface area contributed by atoms with E-state index in [4.69, 9.17) is 0 Å². The number of carbonyl (C=O) groups excluding carboxylic acids is 2. The Hall–Kier alpha value is -5.08. The number of benzene rings is 4. The van der Waals surface area contributed by atoms with E-state index in [0.717, 1.165) is 39.0 Å². The summed E-state index contributed by atoms with van der Waals surface area (Å²) < 4.78 is 53.1. The van der Waals surface area contributed by atoms with Gasteiger partial charge in [0.1, 0.15) is 24.6 Å². The molecule has 12 nitrogen and oxygen atoms in total. The molecule has 2 aliphatic heterocycles. The quantitative estimate of drug-likeness (QED) is 0.202. The van der Waals surface area contributed by atoms with Gasteiger partial charge in [0.05, 0.1) is 11.4 Å². The minimum atomic E-state index is -3.92. The van der Waals surface area contributed by atoms with E-state index in [2.05, 4.69) is 77.1 Å². The monoisotopic (exact) mass is 748 g/mol. The van der Waals surface area contributed by atoms with Crippen LogP contribution in [0.1, 0.15) is 59.7 Å². The summed E-state index contributed by atoms with van der Waals surface area (Å²) in [7, 11) is -7.84. The minimum Gasteiger partial charge on any atom is -0.506 e. The third-order valence-corrected chi connectivity index (χ3v) is 11.8. The fourth-order valence-corrected chi connectivity index (χ4v) is 8.33. The van der Waals surface area contributed by atoms with Gasteiger partial charge in [-0.3, -0.25) is 9.59 Å². The number of carbonyl (C=O) groups is 2. The van der Waals surface area contributed by atoms with Crippen LogP contribution in [-0.4, -0.2) is 52.0 Å². The van der Waals surface area contributed by atoms with Gasteiger partial charge >= 0.3 is 20.4 Å². The molecule has 276 valence electrons. The van der Waals surface area contributed by atoms with Crippen molar-refractivity contribution < 1.29 is 36.6 Å². The van der Waals surface area contributed by atoms with Crippen LogP contribution in [0.5, 0.6) is 11.5 Å². The molecular weight excluding hydrogens is 705 g/mol. The van der Waals surface area contributed by atoms with E-state index in [1.165, 1.54) is 39.9 Å². The summed E-state index contributed by atoms with van der Waals surface area (Å²) in [4.78, 5) is 22.7. The molecule has 0 bridgehead atoms. The molecule has 2 heterocycles. The maximum absolute atomic E-state index is 11.9. The molecule has 0 radical (unpaired) electrons. The van der Waals surface area contributed by atoms with Crippen molar-refractivity contribution in [3.8, 4) is 11.5 Å². The Morgan fingerprint density at radius 3 is 1.48 bits per heavy atom. The first-order valence-corrected chi connectivity index (χ1v) is 19.7. The molecule has 4 aromatic carbocycles. The summed E-state index contributed by atoms with van der Waals surface area (Å²) in [5, 5.41) is 20.5. The SMILES string of the molecule is CC(C)(C)c1ccc(CCc2ccc(N3CC(=O)NS3(=O)=O)c(O)c2)cc1.Cc1ccc(C)c(CCc2ccc(N3CC(=O)NS3(=O)=O)c(O)c2)c1. The number of anilines is 2. The van der Waals surface area contributed by atoms with Crippen LogP contribution in [0.2, 0.25) is 0 Å². The van der Waals surface area contributed by atoms with Crippen LogP contribution >= 0.6 is 0 Å². The number of aryl methyl sites for hydroxylation is 6. The van der Waals surface area contributed by atoms with Gasteiger partial charge in [0, 0.05) is 0 Å². The predicted molar refractivity (Wildman–Crippen MR) is 201 cm³/mol. The molecule has 52 heavy (non-hydrogen) atoms. The highest BCUT2D eigenvalue weighted by molar-refractivity contribution is 7.92. The molecule has 0 saturated carbocycles. The standard InChI is InChI=1S/C20H24N2O4S.C18H20N2O4S/c1-20(2,3)16-9-6-14(7-10-16)4-5-15-8-11-17(18(23)12-15)22-13-19(24)21-27(22,25)26;1-12-3-4-13(2)15(9-12)7-5-14-6-8-16(17(21)10-14)20-11-18(22)19-25(20,23)24/h6-12,23H,4-5,13H2,1-3H3,(H,21,24);3-4,6,8-10,21H,5,7,11H2,1-2H3,(H,19,22). The molecule has 2 aliphatic rings. The number of aromatic hydroxyl groups is 2. The van der Waals surface area contributed by atoms with Crippen molar-refractivity contribution >= 4 is 43.6 Å². The zero-order valence-electron chi connectivity index (χ0n) is 29.8. The molecule has 0 aliphatic carbocycles. The lowest BCUT2D eigenvalue weighted by molar-refractivity contribution is -0.118. The lowest BCUT2D eigenvalue weighted by Crippen LogP contribution is -2.29. The smallest absolute Gasteiger partial charge is 0.326 e. The van der Waals surface area contributed by atoms with E-state index >= 15 is 0 Å². The molecule has 14 heteroatoms. The van der Waals surface area contributed by atoms with Crippen LogP contribution in [0.25, 0.3) is 0 Å². The second kappa shape index (κ2) is 14.9. The van der Waals surface area contributed by atoms with E-state index in [-0.39, 0.29) is 41.4 Å². The number of rotatable bonds is 8. The van der Waals surface area contributed by atoms with Gasteiger partial charge in [-0.25, -0.2) is 18.1 Å². The third-order valence-electron chi connectivity index (χ3n) is 8.97. The Balaban J connectivity index is 0.000000202. The molecule has 0 spiro atoms. The van der Waals surface area contributed by atoms with Crippen LogP contribution in [0.15, 0.2) is 78.9 Å². The van der Waals surface area contributed by atoms with Crippen molar-refractivity contribution in [1.29, 1.82) is 0 Å². The number of hydrogen-bond donors (Lipinski definition) is 4. The van der Waals surface area contributed by atoms with Crippen LogP contribution in [0.4, 0.5) is 11.4 Å². The van der Waals surface area contributed by atoms with Crippen molar-refractivity contribution in [1.82, 2.24) is 9.44 Å². The summed E-state index contributed by atoms with van der Waals surface area (Å²) >= 11 is 0. The predicted octanol–water partition coefficient (Wildman–Crippen LogP) is 4.63. The van der Waals surface area contributed by atoms with Crippen molar-refractivity contribution in [3.05, 3.63) is 118 Å². The second-order valence-corrected chi connectivity index (χ2v) is 17.3. The van der Waals surface area contributed by atoms with Gasteiger partial charge in [-0.05, 0) is 103 Å². The maximum Gasteiger partial charge on any atom is 0.326 e. The second-order valence-electron chi connectivity index (χ2n) is 14.1. The first kappa shape index (κ1) is 38.2. The number of amides is 2. The summed E-state index contributed by atoms with van der Waals surface area (Å²) in [5.74, 6) is -1.54. The molecule has 0 atom stereocenters. The summed E-state index contributed by atoms with van der Waals surface area (Å²) in [6, 6.07) is 24.5. The first-order valence-electron chi connectivity index (χ1n) is 16.8. The van der Waals surface area contributed by atoms with Gasteiger partial charge in [0.25, 0.3) is 11.8 Å². The summed E-state index contributed by atoms with van der Waals surface area (Å²) in [5.41, 5.74) is 8.28. The Kier molecular flexibility index (Phi) is 10.9. The van der Waals surface area contributed by atoms with E-state index in [1.807, 2.05) is 9.44 Å². The fourth-order valence-electron chi connectivity index (χ4n) is 6.00. The summed E-state index contributed by atoms with van der Waals surface area (Å²) in [6.45, 7) is 10.0. The van der Waals surface area contributed by atoms with Crippen molar-refractivity contribution in [2.24, 2.45) is 0 Å². The number of phenolic OH excluding ortho intramolecular Hbond substituents is 2. The first-order chi connectivity index (χ1) is 24.3. The number of nitrogens with one attached hydrogen (secondary N) is 2. The van der Waals surface area contributed by atoms with E-state index in [0.29, 0.717) is 6.42 Å². The average molecular weight is 749 g/mol. The Morgan fingerprint density at radius 1 is 0.615 bits per heavy atom. The van der Waals surface area contributed by atoms with E-state index in [1.54, 1.807) is 24.3 Å². The van der Waals surface area contributed by atoms with Gasteiger partial charge in [-0.2, -0.15) is 16.8 Å². The largest absolute Gasteiger partial charge is 0.506 e. The van der Waals surface area contributed by atoms with E-state index in [9.17, 15) is 36.6 Å². The zero-order valence-corrected chi connectivity index (χ0v) is 31.4. The van der Waals surface area contributed by atoms with Crippen LogP contribution < -0.4 is 18.1 Å². The van der Waals surface area contributed by atoms with Gasteiger partial charge in [0.15, 0.2) is 0 Å². The molecule has 0 unspecified atom stereocenters. The van der Waals surface area contributed by atoms with Gasteiger partial charge in [-0.1, -0.05) is 80.9 Å². The highest BCUT2D eigenvalue weighted by Gasteiger charge is 2.36. The molecule has 0 aromatic heterocycles. The molecular formula is C38H44N4O8S2. The fraction of sp³-hybridized carbons (Fsp3) is 0.316. The zero-order chi connectivity index (χ0) is 38.0. The number of hydrogen-bond acceptors (Lipinski definition) is 8. The highest BCUT2D eigenvalue weighted by atomic mass is 32.2. The number of nitrogens with zero attached hydrogens (tertiary/aromatic N) is 2. The molecule has 2 fully saturated rings. The lowest BCUT2D eigenvalue weighted by Gasteiger charge is -2.19. The Bertz CT molecular complexity index is 2210. The molecule has 4 N–H and O–H groups in total. The van der Waals surface area contributed by atoms with Crippen molar-refractivity contribution in [3.63, 3.8) is 0 Å². The Morgan fingerprint density at radius 2 is 1.06 bits per heavy atom. The topological polar surface area (TPSA) is 173 Å². The molecule has 2 saturated heterocycles. The number of phenols is 2.